The molecule has 2 aromatic rings. The zero-order valence-corrected chi connectivity index (χ0v) is 24.7. The quantitative estimate of drug-likeness (QED) is 0.364. The normalized spacial score (nSPS) is 22.0. The number of halogens is 2. The Labute approximate surface area is 236 Å². The Hall–Kier alpha value is -2.04. The van der Waals surface area contributed by atoms with Crippen LogP contribution in [0.2, 0.25) is 5.02 Å². The first kappa shape index (κ1) is 29.9. The van der Waals surface area contributed by atoms with Crippen molar-refractivity contribution < 1.29 is 17.6 Å². The fourth-order valence-electron chi connectivity index (χ4n) is 5.80. The van der Waals surface area contributed by atoms with Crippen molar-refractivity contribution in [3.8, 4) is 0 Å². The maximum atomic E-state index is 15.1. The first-order valence-corrected chi connectivity index (χ1v) is 15.7. The Morgan fingerprint density at radius 3 is 2.46 bits per heavy atom. The van der Waals surface area contributed by atoms with Crippen LogP contribution >= 0.6 is 11.6 Å². The van der Waals surface area contributed by atoms with Crippen molar-refractivity contribution in [2.24, 2.45) is 5.92 Å². The van der Waals surface area contributed by atoms with Gasteiger partial charge in [0.2, 0.25) is 15.9 Å². The number of carbonyl (C=O) groups is 1. The molecule has 4 unspecified atom stereocenters. The van der Waals surface area contributed by atoms with Crippen LogP contribution in [0, 0.1) is 11.7 Å². The number of nitrogens with zero attached hydrogens (tertiary/aromatic N) is 1. The Bertz CT molecular complexity index is 1250. The molecule has 39 heavy (non-hydrogen) atoms. The summed E-state index contributed by atoms with van der Waals surface area (Å²) in [7, 11) is -1.63. The van der Waals surface area contributed by atoms with Gasteiger partial charge in [0.25, 0.3) is 0 Å². The molecule has 4 rings (SSSR count). The summed E-state index contributed by atoms with van der Waals surface area (Å²) in [4.78, 5) is 13.6. The van der Waals surface area contributed by atoms with Crippen LogP contribution in [0.3, 0.4) is 0 Å². The largest absolute Gasteiger partial charge is 0.324 e. The van der Waals surface area contributed by atoms with E-state index in [0.29, 0.717) is 55.0 Å². The van der Waals surface area contributed by atoms with Gasteiger partial charge in [-0.1, -0.05) is 43.6 Å². The predicted octanol–water partition coefficient (Wildman–Crippen LogP) is 4.53. The number of sulfonamides is 1. The Morgan fingerprint density at radius 2 is 1.85 bits per heavy atom. The van der Waals surface area contributed by atoms with E-state index in [1.165, 1.54) is 6.07 Å². The number of amides is 1. The molecule has 2 aromatic carbocycles. The molecule has 1 amide bonds. The lowest BCUT2D eigenvalue weighted by molar-refractivity contribution is -0.118. The smallest absolute Gasteiger partial charge is 0.242 e. The predicted molar refractivity (Wildman–Crippen MR) is 155 cm³/mol. The maximum absolute atomic E-state index is 15.1. The molecule has 214 valence electrons. The first-order chi connectivity index (χ1) is 18.5. The summed E-state index contributed by atoms with van der Waals surface area (Å²) >= 11 is 6.09. The molecule has 1 aliphatic carbocycles. The zero-order chi connectivity index (χ0) is 28.3. The van der Waals surface area contributed by atoms with E-state index in [9.17, 15) is 13.2 Å². The van der Waals surface area contributed by atoms with Gasteiger partial charge in [-0.15, -0.1) is 0 Å². The van der Waals surface area contributed by atoms with Crippen molar-refractivity contribution in [2.75, 3.05) is 25.5 Å². The van der Waals surface area contributed by atoms with Gasteiger partial charge in [-0.25, -0.2) is 12.8 Å². The van der Waals surface area contributed by atoms with Gasteiger partial charge in [0, 0.05) is 47.4 Å². The van der Waals surface area contributed by atoms with E-state index in [2.05, 4.69) is 29.8 Å². The number of rotatable bonds is 11. The second kappa shape index (κ2) is 12.6. The number of nitrogens with one attached hydrogen (secondary N) is 3. The molecule has 10 heteroatoms. The van der Waals surface area contributed by atoms with Gasteiger partial charge in [0.05, 0.1) is 11.3 Å². The minimum atomic E-state index is -3.38. The van der Waals surface area contributed by atoms with Crippen LogP contribution in [0.15, 0.2) is 42.5 Å². The third-order valence-electron chi connectivity index (χ3n) is 7.88. The lowest BCUT2D eigenvalue weighted by atomic mass is 9.82. The Morgan fingerprint density at radius 1 is 1.15 bits per heavy atom. The number of anilines is 1. The van der Waals surface area contributed by atoms with E-state index in [1.54, 1.807) is 23.5 Å². The molecule has 2 aliphatic rings. The lowest BCUT2D eigenvalue weighted by Crippen LogP contribution is -2.59. The van der Waals surface area contributed by atoms with Gasteiger partial charge >= 0.3 is 0 Å². The average molecular weight is 579 g/mol. The van der Waals surface area contributed by atoms with Crippen LogP contribution in [0.25, 0.3) is 0 Å². The summed E-state index contributed by atoms with van der Waals surface area (Å²) < 4.78 is 43.1. The van der Waals surface area contributed by atoms with E-state index >= 15 is 4.39 Å². The van der Waals surface area contributed by atoms with Crippen LogP contribution in [0.1, 0.15) is 57.1 Å². The summed E-state index contributed by atoms with van der Waals surface area (Å²) in [6, 6.07) is 11.2. The van der Waals surface area contributed by atoms with E-state index in [-0.39, 0.29) is 35.1 Å². The maximum Gasteiger partial charge on any atom is 0.242 e. The van der Waals surface area contributed by atoms with Gasteiger partial charge in [-0.3, -0.25) is 4.79 Å². The van der Waals surface area contributed by atoms with Crippen LogP contribution < -0.4 is 16.0 Å². The molecule has 1 saturated heterocycles. The fraction of sp³-hybridized carbons (Fsp3) is 0.552. The van der Waals surface area contributed by atoms with Crippen LogP contribution in [-0.4, -0.2) is 62.1 Å². The van der Waals surface area contributed by atoms with Gasteiger partial charge in [0.1, 0.15) is 5.82 Å². The summed E-state index contributed by atoms with van der Waals surface area (Å²) in [5.41, 5.74) is 1.78. The number of likely N-dealkylation sites (N-methyl/N-ethyl adjacent to an activating group) is 1. The minimum Gasteiger partial charge on any atom is -0.324 e. The number of hydrogen-bond acceptors (Lipinski definition) is 5. The molecule has 0 spiro atoms. The third kappa shape index (κ3) is 6.82. The highest BCUT2D eigenvalue weighted by Gasteiger charge is 2.45. The van der Waals surface area contributed by atoms with Crippen molar-refractivity contribution >= 4 is 33.2 Å². The van der Waals surface area contributed by atoms with Crippen LogP contribution in [0.4, 0.5) is 10.1 Å². The highest BCUT2D eigenvalue weighted by molar-refractivity contribution is 7.90. The van der Waals surface area contributed by atoms with Gasteiger partial charge in [0.15, 0.2) is 0 Å². The molecule has 1 heterocycles. The molecule has 7 nitrogen and oxygen atoms in total. The standard InChI is InChI=1S/C29H40ClFN4O3S/c1-18(2)27(20-8-10-21(30)11-9-20)28(32-4)29(36)34-26-7-5-6-25(31)24(26)15-12-22-17-33-16-19(3)35(22)39(37,38)23-13-14-23/h5-11,18-19,22-23,27-28,32-33H,12-17H2,1-4H3,(H,34,36). The molecule has 0 bridgehead atoms. The molecule has 0 radical (unpaired) electrons. The molecule has 3 N–H and O–H groups in total. The van der Waals surface area contributed by atoms with Gasteiger partial charge in [-0.05, 0) is 75.4 Å². The summed E-state index contributed by atoms with van der Waals surface area (Å²) in [6.45, 7) is 7.15. The van der Waals surface area contributed by atoms with E-state index in [0.717, 1.165) is 5.56 Å². The van der Waals surface area contributed by atoms with E-state index in [1.807, 2.05) is 31.2 Å². The second-order valence-electron chi connectivity index (χ2n) is 11.1. The Kier molecular flexibility index (Phi) is 9.70. The van der Waals surface area contributed by atoms with Gasteiger partial charge in [-0.2, -0.15) is 4.31 Å². The van der Waals surface area contributed by atoms with Crippen molar-refractivity contribution in [3.63, 3.8) is 0 Å². The topological polar surface area (TPSA) is 90.5 Å². The van der Waals surface area contributed by atoms with Crippen molar-refractivity contribution in [2.45, 2.75) is 75.7 Å². The summed E-state index contributed by atoms with van der Waals surface area (Å²) in [5.74, 6) is -0.675. The number of benzene rings is 2. The summed E-state index contributed by atoms with van der Waals surface area (Å²) in [6.07, 6.45) is 2.15. The monoisotopic (exact) mass is 578 g/mol. The summed E-state index contributed by atoms with van der Waals surface area (Å²) in [5, 5.41) is 9.78. The van der Waals surface area contributed by atoms with E-state index in [4.69, 9.17) is 11.6 Å². The fourth-order valence-corrected chi connectivity index (χ4v) is 8.17. The second-order valence-corrected chi connectivity index (χ2v) is 13.7. The van der Waals surface area contributed by atoms with Crippen molar-refractivity contribution in [3.05, 3.63) is 64.4 Å². The molecule has 1 aliphatic heterocycles. The lowest BCUT2D eigenvalue weighted by Gasteiger charge is -2.40. The first-order valence-electron chi connectivity index (χ1n) is 13.8. The highest BCUT2D eigenvalue weighted by Crippen LogP contribution is 2.35. The number of carbonyl (C=O) groups excluding carboxylic acids is 1. The average Bonchev–Trinajstić information content (AvgIpc) is 3.73. The molecular weight excluding hydrogens is 539 g/mol. The third-order valence-corrected chi connectivity index (χ3v) is 10.7. The minimum absolute atomic E-state index is 0.139. The molecule has 2 fully saturated rings. The van der Waals surface area contributed by atoms with Crippen LogP contribution in [-0.2, 0) is 21.2 Å². The number of hydrogen-bond donors (Lipinski definition) is 3. The van der Waals surface area contributed by atoms with Crippen LogP contribution in [0.5, 0.6) is 0 Å². The van der Waals surface area contributed by atoms with Gasteiger partial charge < -0.3 is 16.0 Å². The SMILES string of the molecule is CNC(C(=O)Nc1cccc(F)c1CCC1CNCC(C)N1S(=O)(=O)C1CC1)C(c1ccc(Cl)cc1)C(C)C. The highest BCUT2D eigenvalue weighted by atomic mass is 35.5. The molecule has 4 atom stereocenters. The van der Waals surface area contributed by atoms with E-state index < -0.39 is 21.9 Å². The molecular formula is C29H40ClFN4O3S. The molecule has 0 aromatic heterocycles. The van der Waals surface area contributed by atoms with Crippen molar-refractivity contribution in [1.29, 1.82) is 0 Å². The molecule has 1 saturated carbocycles. The number of piperazine rings is 1. The van der Waals surface area contributed by atoms with Crippen molar-refractivity contribution in [1.82, 2.24) is 14.9 Å². The zero-order valence-electron chi connectivity index (χ0n) is 23.1. The Balaban J connectivity index is 1.53.